The fraction of sp³-hybridized carbons (Fsp3) is 0.292. The number of carbonyl (C=O) groups excluding carboxylic acids is 1. The topological polar surface area (TPSA) is 78.7 Å². The number of nitrogens with zero attached hydrogens (tertiary/aromatic N) is 4. The summed E-state index contributed by atoms with van der Waals surface area (Å²) in [6, 6.07) is 11.1. The van der Waals surface area contributed by atoms with Crippen LogP contribution in [0.25, 0.3) is 10.2 Å². The number of anilines is 1. The van der Waals surface area contributed by atoms with Crippen LogP contribution < -0.4 is 19.1 Å². The molecule has 0 spiro atoms. The van der Waals surface area contributed by atoms with Gasteiger partial charge in [-0.05, 0) is 43.7 Å². The lowest BCUT2D eigenvalue weighted by molar-refractivity contribution is 0.0982. The van der Waals surface area contributed by atoms with Gasteiger partial charge in [-0.25, -0.2) is 9.97 Å². The van der Waals surface area contributed by atoms with Gasteiger partial charge in [-0.3, -0.25) is 9.69 Å². The largest absolute Gasteiger partial charge is 0.494 e. The van der Waals surface area contributed by atoms with Gasteiger partial charge in [0.15, 0.2) is 16.6 Å². The van der Waals surface area contributed by atoms with Gasteiger partial charge >= 0.3 is 0 Å². The average molecular weight is 467 g/mol. The molecule has 0 aliphatic heterocycles. The van der Waals surface area contributed by atoms with E-state index in [2.05, 4.69) is 4.98 Å². The third-order valence-electron chi connectivity index (χ3n) is 5.13. The summed E-state index contributed by atoms with van der Waals surface area (Å²) in [5.74, 6) is 1.50. The summed E-state index contributed by atoms with van der Waals surface area (Å²) in [6.45, 7) is 3.75. The number of amides is 1. The van der Waals surface area contributed by atoms with Crippen molar-refractivity contribution in [1.82, 2.24) is 14.5 Å². The molecule has 1 amide bonds. The predicted molar refractivity (Wildman–Crippen MR) is 129 cm³/mol. The van der Waals surface area contributed by atoms with Gasteiger partial charge in [-0.1, -0.05) is 17.4 Å². The van der Waals surface area contributed by atoms with Gasteiger partial charge in [0.05, 0.1) is 42.9 Å². The van der Waals surface area contributed by atoms with Gasteiger partial charge in [0, 0.05) is 25.5 Å². The highest BCUT2D eigenvalue weighted by atomic mass is 32.1. The lowest BCUT2D eigenvalue weighted by Crippen LogP contribution is -2.32. The van der Waals surface area contributed by atoms with E-state index in [4.69, 9.17) is 19.2 Å². The molecule has 4 rings (SSSR count). The minimum atomic E-state index is -0.194. The van der Waals surface area contributed by atoms with Crippen molar-refractivity contribution < 1.29 is 19.0 Å². The Morgan fingerprint density at radius 3 is 2.79 bits per heavy atom. The molecule has 2 aromatic carbocycles. The number of thiazole rings is 1. The Morgan fingerprint density at radius 1 is 1.18 bits per heavy atom. The van der Waals surface area contributed by atoms with Crippen molar-refractivity contribution in [3.63, 3.8) is 0 Å². The van der Waals surface area contributed by atoms with Crippen molar-refractivity contribution in [2.24, 2.45) is 0 Å². The van der Waals surface area contributed by atoms with E-state index in [0.717, 1.165) is 28.9 Å². The van der Waals surface area contributed by atoms with Crippen molar-refractivity contribution in [1.29, 1.82) is 0 Å². The molecule has 0 aliphatic rings. The smallest absolute Gasteiger partial charge is 0.263 e. The zero-order valence-electron chi connectivity index (χ0n) is 18.9. The van der Waals surface area contributed by atoms with Crippen molar-refractivity contribution in [3.8, 4) is 17.2 Å². The Labute approximate surface area is 196 Å². The Kier molecular flexibility index (Phi) is 7.09. The van der Waals surface area contributed by atoms with Crippen LogP contribution in [0.5, 0.6) is 17.2 Å². The van der Waals surface area contributed by atoms with Crippen molar-refractivity contribution in [3.05, 3.63) is 60.7 Å². The van der Waals surface area contributed by atoms with E-state index in [-0.39, 0.29) is 5.91 Å². The first-order valence-electron chi connectivity index (χ1n) is 10.7. The SMILES string of the molecule is CCOc1ccc2nc(N(CCCn3ccnc3)C(=O)c3cccc(OC)c3OC)sc2c1. The molecule has 0 N–H and O–H groups in total. The minimum absolute atomic E-state index is 0.194. The third kappa shape index (κ3) is 4.93. The number of rotatable bonds is 10. The van der Waals surface area contributed by atoms with Crippen LogP contribution in [0, 0.1) is 0 Å². The molecule has 0 atom stereocenters. The molecule has 0 saturated carbocycles. The van der Waals surface area contributed by atoms with Crippen LogP contribution in [0.2, 0.25) is 0 Å². The molecule has 4 aromatic rings. The number of para-hydroxylation sites is 1. The van der Waals surface area contributed by atoms with E-state index < -0.39 is 0 Å². The van der Waals surface area contributed by atoms with E-state index in [1.807, 2.05) is 35.9 Å². The zero-order chi connectivity index (χ0) is 23.2. The molecule has 172 valence electrons. The summed E-state index contributed by atoms with van der Waals surface area (Å²) in [5.41, 5.74) is 1.25. The number of methoxy groups -OCH3 is 2. The highest BCUT2D eigenvalue weighted by Gasteiger charge is 2.25. The molecule has 0 unspecified atom stereocenters. The molecule has 9 heteroatoms. The van der Waals surface area contributed by atoms with Crippen LogP contribution >= 0.6 is 11.3 Å². The van der Waals surface area contributed by atoms with Crippen LogP contribution in [0.15, 0.2) is 55.1 Å². The normalized spacial score (nSPS) is 10.9. The average Bonchev–Trinajstić information content (AvgIpc) is 3.50. The monoisotopic (exact) mass is 466 g/mol. The number of ether oxygens (including phenoxy) is 3. The van der Waals surface area contributed by atoms with E-state index in [1.54, 1.807) is 42.7 Å². The minimum Gasteiger partial charge on any atom is -0.494 e. The molecule has 0 radical (unpaired) electrons. The van der Waals surface area contributed by atoms with Crippen LogP contribution in [0.4, 0.5) is 5.13 Å². The summed E-state index contributed by atoms with van der Waals surface area (Å²) in [5, 5.41) is 0.624. The number of hydrogen-bond acceptors (Lipinski definition) is 7. The van der Waals surface area contributed by atoms with Crippen LogP contribution in [0.3, 0.4) is 0 Å². The maximum Gasteiger partial charge on any atom is 0.263 e. The number of imidazole rings is 1. The number of hydrogen-bond donors (Lipinski definition) is 0. The molecule has 33 heavy (non-hydrogen) atoms. The summed E-state index contributed by atoms with van der Waals surface area (Å²) in [7, 11) is 3.09. The van der Waals surface area contributed by atoms with Gasteiger partial charge in [-0.2, -0.15) is 0 Å². The predicted octanol–water partition coefficient (Wildman–Crippen LogP) is 4.65. The molecule has 2 heterocycles. The van der Waals surface area contributed by atoms with E-state index >= 15 is 0 Å². The number of aryl methyl sites for hydroxylation is 1. The third-order valence-corrected chi connectivity index (χ3v) is 6.17. The second-order valence-electron chi connectivity index (χ2n) is 7.21. The molecule has 0 fully saturated rings. The van der Waals surface area contributed by atoms with E-state index in [1.165, 1.54) is 18.4 Å². The Balaban J connectivity index is 1.69. The Morgan fingerprint density at radius 2 is 2.06 bits per heavy atom. The highest BCUT2D eigenvalue weighted by molar-refractivity contribution is 7.22. The molecule has 2 aromatic heterocycles. The number of carbonyl (C=O) groups is 1. The lowest BCUT2D eigenvalue weighted by Gasteiger charge is -2.22. The number of aromatic nitrogens is 3. The summed E-state index contributed by atoms with van der Waals surface area (Å²) < 4.78 is 19.5. The summed E-state index contributed by atoms with van der Waals surface area (Å²) in [6.07, 6.45) is 6.15. The van der Waals surface area contributed by atoms with Crippen molar-refractivity contribution in [2.75, 3.05) is 32.3 Å². The quantitative estimate of drug-likeness (QED) is 0.339. The fourth-order valence-electron chi connectivity index (χ4n) is 3.58. The van der Waals surface area contributed by atoms with Gasteiger partial charge in [0.2, 0.25) is 0 Å². The first-order chi connectivity index (χ1) is 16.1. The molecular weight excluding hydrogens is 440 g/mol. The van der Waals surface area contributed by atoms with Crippen molar-refractivity contribution >= 4 is 32.6 Å². The van der Waals surface area contributed by atoms with Crippen LogP contribution in [0.1, 0.15) is 23.7 Å². The summed E-state index contributed by atoms with van der Waals surface area (Å²) >= 11 is 1.46. The molecule has 0 saturated heterocycles. The standard InChI is InChI=1S/C24H26N4O4S/c1-4-32-17-9-10-19-21(15-17)33-24(26-19)28(13-6-12-27-14-11-25-16-27)23(29)18-7-5-8-20(30-2)22(18)31-3/h5,7-11,14-16H,4,6,12-13H2,1-3H3. The first kappa shape index (κ1) is 22.6. The molecular formula is C24H26N4O4S. The summed E-state index contributed by atoms with van der Waals surface area (Å²) in [4.78, 5) is 24.3. The van der Waals surface area contributed by atoms with Gasteiger partial charge in [-0.15, -0.1) is 0 Å². The lowest BCUT2D eigenvalue weighted by atomic mass is 10.1. The Bertz CT molecular complexity index is 1220. The van der Waals surface area contributed by atoms with Crippen LogP contribution in [-0.4, -0.2) is 47.8 Å². The molecule has 8 nitrogen and oxygen atoms in total. The molecule has 0 aliphatic carbocycles. The first-order valence-corrected chi connectivity index (χ1v) is 11.5. The Hall–Kier alpha value is -3.59. The second-order valence-corrected chi connectivity index (χ2v) is 8.22. The maximum atomic E-state index is 13.7. The second kappa shape index (κ2) is 10.4. The maximum absolute atomic E-state index is 13.7. The fourth-order valence-corrected chi connectivity index (χ4v) is 4.60. The zero-order valence-corrected chi connectivity index (χ0v) is 19.7. The van der Waals surface area contributed by atoms with Gasteiger partial charge < -0.3 is 18.8 Å². The van der Waals surface area contributed by atoms with E-state index in [9.17, 15) is 4.79 Å². The molecule has 0 bridgehead atoms. The highest BCUT2D eigenvalue weighted by Crippen LogP contribution is 2.35. The van der Waals surface area contributed by atoms with Crippen LogP contribution in [-0.2, 0) is 6.54 Å². The van der Waals surface area contributed by atoms with E-state index in [0.29, 0.717) is 35.3 Å². The number of fused-ring (bicyclic) bond motifs is 1. The number of benzene rings is 2. The van der Waals surface area contributed by atoms with Gasteiger partial charge in [0.25, 0.3) is 5.91 Å². The van der Waals surface area contributed by atoms with Crippen molar-refractivity contribution in [2.45, 2.75) is 19.9 Å². The van der Waals surface area contributed by atoms with Gasteiger partial charge in [0.1, 0.15) is 5.75 Å².